The molecule has 5 heteroatoms. The molecular formula is C24H26O5. The van der Waals surface area contributed by atoms with Crippen LogP contribution in [0.3, 0.4) is 0 Å². The van der Waals surface area contributed by atoms with E-state index in [1.54, 1.807) is 31.2 Å². The third kappa shape index (κ3) is 5.95. The quantitative estimate of drug-likeness (QED) is 0.272. The molecule has 0 heterocycles. The van der Waals surface area contributed by atoms with Gasteiger partial charge in [-0.3, -0.25) is 0 Å². The summed E-state index contributed by atoms with van der Waals surface area (Å²) < 4.78 is 15.6. The maximum Gasteiger partial charge on any atom is 0.343 e. The molecule has 1 fully saturated rings. The lowest BCUT2D eigenvalue weighted by atomic mass is 9.84. The third-order valence-corrected chi connectivity index (χ3v) is 5.02. The molecule has 0 unspecified atom stereocenters. The third-order valence-electron chi connectivity index (χ3n) is 5.02. The lowest BCUT2D eigenvalue weighted by Gasteiger charge is -2.22. The Kier molecular flexibility index (Phi) is 7.06. The van der Waals surface area contributed by atoms with Gasteiger partial charge in [0.15, 0.2) is 0 Å². The summed E-state index contributed by atoms with van der Waals surface area (Å²) in [5.74, 6) is 0.681. The van der Waals surface area contributed by atoms with E-state index in [-0.39, 0.29) is 6.79 Å². The molecule has 0 amide bonds. The molecule has 29 heavy (non-hydrogen) atoms. The molecule has 1 aliphatic rings. The number of hydrogen-bond acceptors (Lipinski definition) is 5. The second-order valence-electron chi connectivity index (χ2n) is 7.29. The van der Waals surface area contributed by atoms with E-state index in [9.17, 15) is 9.59 Å². The standard InChI is InChI=1S/C24H26O5/c1-17(2)23(25)28-16-27-21-12-10-20(11-13-21)24(26)29-22-14-8-19(9-15-22)18-6-4-3-5-7-18/h8-15,18H,1,3-7,16H2,2H3. The van der Waals surface area contributed by atoms with Crippen LogP contribution in [-0.2, 0) is 9.53 Å². The zero-order valence-electron chi connectivity index (χ0n) is 16.7. The summed E-state index contributed by atoms with van der Waals surface area (Å²) in [7, 11) is 0. The van der Waals surface area contributed by atoms with Gasteiger partial charge in [0.2, 0.25) is 6.79 Å². The Morgan fingerprint density at radius 1 is 0.931 bits per heavy atom. The van der Waals surface area contributed by atoms with Crippen LogP contribution in [0.25, 0.3) is 0 Å². The molecule has 3 rings (SSSR count). The fourth-order valence-corrected chi connectivity index (χ4v) is 3.37. The van der Waals surface area contributed by atoms with Crippen molar-refractivity contribution in [3.63, 3.8) is 0 Å². The van der Waals surface area contributed by atoms with Crippen molar-refractivity contribution in [3.05, 3.63) is 71.8 Å². The largest absolute Gasteiger partial charge is 0.457 e. The highest BCUT2D eigenvalue weighted by atomic mass is 16.7. The highest BCUT2D eigenvalue weighted by Crippen LogP contribution is 2.33. The lowest BCUT2D eigenvalue weighted by Crippen LogP contribution is -2.11. The Balaban J connectivity index is 1.51. The monoisotopic (exact) mass is 394 g/mol. The summed E-state index contributed by atoms with van der Waals surface area (Å²) in [6, 6.07) is 14.3. The summed E-state index contributed by atoms with van der Waals surface area (Å²) >= 11 is 0. The van der Waals surface area contributed by atoms with E-state index in [0.29, 0.717) is 28.6 Å². The van der Waals surface area contributed by atoms with Crippen molar-refractivity contribution in [3.8, 4) is 11.5 Å². The minimum Gasteiger partial charge on any atom is -0.457 e. The predicted octanol–water partition coefficient (Wildman–Crippen LogP) is 5.41. The molecule has 0 spiro atoms. The van der Waals surface area contributed by atoms with Gasteiger partial charge in [-0.25, -0.2) is 9.59 Å². The Morgan fingerprint density at radius 3 is 2.17 bits per heavy atom. The van der Waals surface area contributed by atoms with E-state index >= 15 is 0 Å². The minimum atomic E-state index is -0.514. The Morgan fingerprint density at radius 2 is 1.55 bits per heavy atom. The first-order chi connectivity index (χ1) is 14.0. The molecule has 0 atom stereocenters. The van der Waals surface area contributed by atoms with Crippen LogP contribution in [0.15, 0.2) is 60.7 Å². The summed E-state index contributed by atoms with van der Waals surface area (Å²) in [6.45, 7) is 4.84. The van der Waals surface area contributed by atoms with Crippen molar-refractivity contribution in [1.82, 2.24) is 0 Å². The second-order valence-corrected chi connectivity index (χ2v) is 7.29. The Bertz CT molecular complexity index is 846. The van der Waals surface area contributed by atoms with E-state index in [0.717, 1.165) is 0 Å². The lowest BCUT2D eigenvalue weighted by molar-refractivity contribution is -0.145. The van der Waals surface area contributed by atoms with Gasteiger partial charge in [0, 0.05) is 5.57 Å². The molecule has 0 aliphatic heterocycles. The van der Waals surface area contributed by atoms with Crippen molar-refractivity contribution in [2.24, 2.45) is 0 Å². The molecule has 1 aliphatic carbocycles. The molecule has 0 saturated heterocycles. The number of esters is 2. The molecule has 0 radical (unpaired) electrons. The molecular weight excluding hydrogens is 368 g/mol. The van der Waals surface area contributed by atoms with Gasteiger partial charge in [0.1, 0.15) is 11.5 Å². The van der Waals surface area contributed by atoms with Gasteiger partial charge in [-0.05, 0) is 67.6 Å². The van der Waals surface area contributed by atoms with Gasteiger partial charge >= 0.3 is 11.9 Å². The van der Waals surface area contributed by atoms with Gasteiger partial charge in [-0.2, -0.15) is 0 Å². The molecule has 0 bridgehead atoms. The number of rotatable bonds is 7. The van der Waals surface area contributed by atoms with Crippen molar-refractivity contribution in [2.75, 3.05) is 6.79 Å². The van der Waals surface area contributed by atoms with Crippen LogP contribution in [0.5, 0.6) is 11.5 Å². The van der Waals surface area contributed by atoms with Gasteiger partial charge < -0.3 is 14.2 Å². The van der Waals surface area contributed by atoms with Crippen LogP contribution in [0.1, 0.15) is 60.9 Å². The van der Waals surface area contributed by atoms with E-state index in [1.807, 2.05) is 12.1 Å². The van der Waals surface area contributed by atoms with Crippen molar-refractivity contribution in [2.45, 2.75) is 44.9 Å². The first kappa shape index (κ1) is 20.6. The molecule has 5 nitrogen and oxygen atoms in total. The number of hydrogen-bond donors (Lipinski definition) is 0. The van der Waals surface area contributed by atoms with Gasteiger partial charge in [-0.15, -0.1) is 0 Å². The molecule has 0 N–H and O–H groups in total. The van der Waals surface area contributed by atoms with E-state index in [4.69, 9.17) is 14.2 Å². The maximum absolute atomic E-state index is 12.3. The average molecular weight is 394 g/mol. The molecule has 1 saturated carbocycles. The molecule has 2 aromatic rings. The fourth-order valence-electron chi connectivity index (χ4n) is 3.37. The zero-order valence-corrected chi connectivity index (χ0v) is 16.7. The van der Waals surface area contributed by atoms with Crippen molar-refractivity contribution >= 4 is 11.9 Å². The first-order valence-corrected chi connectivity index (χ1v) is 9.90. The molecule has 152 valence electrons. The van der Waals surface area contributed by atoms with Crippen LogP contribution in [-0.4, -0.2) is 18.7 Å². The second kappa shape index (κ2) is 9.92. The van der Waals surface area contributed by atoms with E-state index in [1.165, 1.54) is 37.7 Å². The highest BCUT2D eigenvalue weighted by molar-refractivity contribution is 5.91. The SMILES string of the molecule is C=C(C)C(=O)OCOc1ccc(C(=O)Oc2ccc(C3CCCCC3)cc2)cc1. The summed E-state index contributed by atoms with van der Waals surface area (Å²) in [4.78, 5) is 23.6. The fraction of sp³-hybridized carbons (Fsp3) is 0.333. The van der Waals surface area contributed by atoms with E-state index in [2.05, 4.69) is 18.7 Å². The summed E-state index contributed by atoms with van der Waals surface area (Å²) in [5.41, 5.74) is 2.03. The number of carbonyl (C=O) groups excluding carboxylic acids is 2. The zero-order chi connectivity index (χ0) is 20.6. The average Bonchev–Trinajstić information content (AvgIpc) is 2.75. The van der Waals surface area contributed by atoms with Crippen LogP contribution < -0.4 is 9.47 Å². The normalized spacial score (nSPS) is 14.1. The topological polar surface area (TPSA) is 61.8 Å². The van der Waals surface area contributed by atoms with Crippen LogP contribution >= 0.6 is 0 Å². The number of ether oxygens (including phenoxy) is 3. The highest BCUT2D eigenvalue weighted by Gasteiger charge is 2.16. The number of carbonyl (C=O) groups is 2. The molecule has 0 aromatic heterocycles. The first-order valence-electron chi connectivity index (χ1n) is 9.90. The van der Waals surface area contributed by atoms with Gasteiger partial charge in [0.05, 0.1) is 5.56 Å². The maximum atomic E-state index is 12.3. The van der Waals surface area contributed by atoms with Crippen LogP contribution in [0.4, 0.5) is 0 Å². The Hall–Kier alpha value is -3.08. The van der Waals surface area contributed by atoms with Crippen molar-refractivity contribution in [1.29, 1.82) is 0 Å². The van der Waals surface area contributed by atoms with E-state index < -0.39 is 11.9 Å². The Labute approximate surface area is 171 Å². The van der Waals surface area contributed by atoms with Gasteiger partial charge in [-0.1, -0.05) is 38.0 Å². The minimum absolute atomic E-state index is 0.219. The number of benzene rings is 2. The predicted molar refractivity (Wildman–Crippen MR) is 110 cm³/mol. The molecule has 2 aromatic carbocycles. The van der Waals surface area contributed by atoms with Crippen LogP contribution in [0, 0.1) is 0 Å². The van der Waals surface area contributed by atoms with Gasteiger partial charge in [0.25, 0.3) is 0 Å². The smallest absolute Gasteiger partial charge is 0.343 e. The summed E-state index contributed by atoms with van der Waals surface area (Å²) in [6.07, 6.45) is 6.38. The van der Waals surface area contributed by atoms with Crippen molar-refractivity contribution < 1.29 is 23.8 Å². The van der Waals surface area contributed by atoms with Crippen LogP contribution in [0.2, 0.25) is 0 Å². The summed E-state index contributed by atoms with van der Waals surface area (Å²) in [5, 5.41) is 0.